The fourth-order valence-corrected chi connectivity index (χ4v) is 1.86. The van der Waals surface area contributed by atoms with Crippen molar-refractivity contribution in [2.24, 2.45) is 5.73 Å². The van der Waals surface area contributed by atoms with E-state index in [9.17, 15) is 9.59 Å². The number of carbonyl (C=O) groups excluding carboxylic acids is 2. The first-order valence-corrected chi connectivity index (χ1v) is 7.16. The molecule has 0 bridgehead atoms. The molecule has 116 valence electrons. The molecule has 0 aliphatic heterocycles. The molecule has 0 aliphatic carbocycles. The number of hydrogen-bond donors (Lipinski definition) is 3. The molecule has 5 heteroatoms. The summed E-state index contributed by atoms with van der Waals surface area (Å²) in [7, 11) is 0. The van der Waals surface area contributed by atoms with Crippen LogP contribution in [-0.2, 0) is 16.0 Å². The molecule has 0 fully saturated rings. The molecule has 0 saturated carbocycles. The summed E-state index contributed by atoms with van der Waals surface area (Å²) >= 11 is 0. The van der Waals surface area contributed by atoms with Crippen molar-refractivity contribution in [1.29, 1.82) is 0 Å². The van der Waals surface area contributed by atoms with E-state index < -0.39 is 6.04 Å². The molecule has 21 heavy (non-hydrogen) atoms. The zero-order valence-corrected chi connectivity index (χ0v) is 13.0. The largest absolute Gasteiger partial charge is 0.350 e. The molecular formula is C16H25N3O2. The van der Waals surface area contributed by atoms with Gasteiger partial charge in [-0.25, -0.2) is 0 Å². The van der Waals surface area contributed by atoms with Crippen molar-refractivity contribution in [2.75, 3.05) is 6.54 Å². The minimum Gasteiger partial charge on any atom is -0.350 e. The van der Waals surface area contributed by atoms with E-state index in [1.54, 1.807) is 0 Å². The standard InChI is InChI=1S/C16H25N3O2/c1-16(2,3)19-14(20)11-18-15(21)13(17)10-9-12-7-5-4-6-8-12/h4-8,13H,9-11,17H2,1-3H3,(H,18,21)(H,19,20). The molecule has 1 unspecified atom stereocenters. The van der Waals surface area contributed by atoms with Crippen LogP contribution in [0, 0.1) is 0 Å². The van der Waals surface area contributed by atoms with Crippen LogP contribution in [0.3, 0.4) is 0 Å². The first-order valence-electron chi connectivity index (χ1n) is 7.16. The second kappa shape index (κ2) is 7.78. The molecule has 1 rings (SSSR count). The number of nitrogens with one attached hydrogen (secondary N) is 2. The Kier molecular flexibility index (Phi) is 6.37. The average molecular weight is 291 g/mol. The number of hydrogen-bond acceptors (Lipinski definition) is 3. The highest BCUT2D eigenvalue weighted by molar-refractivity contribution is 5.87. The van der Waals surface area contributed by atoms with Crippen molar-refractivity contribution in [3.63, 3.8) is 0 Å². The average Bonchev–Trinajstić information content (AvgIpc) is 2.41. The maximum Gasteiger partial charge on any atom is 0.239 e. The van der Waals surface area contributed by atoms with Crippen molar-refractivity contribution in [3.05, 3.63) is 35.9 Å². The minimum atomic E-state index is -0.604. The van der Waals surface area contributed by atoms with Crippen LogP contribution in [0.15, 0.2) is 30.3 Å². The summed E-state index contributed by atoms with van der Waals surface area (Å²) in [6.45, 7) is 5.62. The second-order valence-electron chi connectivity index (χ2n) is 6.15. The molecule has 4 N–H and O–H groups in total. The van der Waals surface area contributed by atoms with Crippen LogP contribution in [0.25, 0.3) is 0 Å². The van der Waals surface area contributed by atoms with E-state index in [1.165, 1.54) is 0 Å². The first kappa shape index (κ1) is 17.2. The van der Waals surface area contributed by atoms with Crippen LogP contribution in [0.4, 0.5) is 0 Å². The third-order valence-corrected chi connectivity index (χ3v) is 2.86. The maximum atomic E-state index is 11.8. The highest BCUT2D eigenvalue weighted by atomic mass is 16.2. The van der Waals surface area contributed by atoms with Gasteiger partial charge in [-0.1, -0.05) is 30.3 Å². The number of rotatable bonds is 6. The van der Waals surface area contributed by atoms with Gasteiger partial charge in [-0.2, -0.15) is 0 Å². The Morgan fingerprint density at radius 1 is 1.19 bits per heavy atom. The summed E-state index contributed by atoms with van der Waals surface area (Å²) in [5.41, 5.74) is 6.67. The van der Waals surface area contributed by atoms with Crippen LogP contribution in [-0.4, -0.2) is 29.9 Å². The van der Waals surface area contributed by atoms with Crippen LogP contribution in [0.2, 0.25) is 0 Å². The minimum absolute atomic E-state index is 0.0465. The Morgan fingerprint density at radius 3 is 2.38 bits per heavy atom. The topological polar surface area (TPSA) is 84.2 Å². The molecule has 0 aliphatic rings. The van der Waals surface area contributed by atoms with E-state index in [0.717, 1.165) is 12.0 Å². The Morgan fingerprint density at radius 2 is 1.81 bits per heavy atom. The number of aryl methyl sites for hydroxylation is 1. The van der Waals surface area contributed by atoms with Gasteiger partial charge < -0.3 is 16.4 Å². The lowest BCUT2D eigenvalue weighted by Gasteiger charge is -2.21. The van der Waals surface area contributed by atoms with Gasteiger partial charge in [-0.05, 0) is 39.2 Å². The van der Waals surface area contributed by atoms with Gasteiger partial charge >= 0.3 is 0 Å². The normalized spacial score (nSPS) is 12.6. The first-order chi connectivity index (χ1) is 9.78. The van der Waals surface area contributed by atoms with Gasteiger partial charge in [-0.15, -0.1) is 0 Å². The van der Waals surface area contributed by atoms with E-state index in [1.807, 2.05) is 51.1 Å². The van der Waals surface area contributed by atoms with Gasteiger partial charge in [0.2, 0.25) is 11.8 Å². The lowest BCUT2D eigenvalue weighted by Crippen LogP contribution is -2.48. The van der Waals surface area contributed by atoms with E-state index >= 15 is 0 Å². The monoisotopic (exact) mass is 291 g/mol. The highest BCUT2D eigenvalue weighted by Crippen LogP contribution is 2.04. The Bertz CT molecular complexity index is 466. The van der Waals surface area contributed by atoms with Crippen molar-refractivity contribution >= 4 is 11.8 Å². The molecule has 1 aromatic carbocycles. The molecule has 1 aromatic rings. The SMILES string of the molecule is CC(C)(C)NC(=O)CNC(=O)C(N)CCc1ccccc1. The van der Waals surface area contributed by atoms with Crippen molar-refractivity contribution < 1.29 is 9.59 Å². The molecule has 0 radical (unpaired) electrons. The van der Waals surface area contributed by atoms with E-state index in [2.05, 4.69) is 10.6 Å². The van der Waals surface area contributed by atoms with Gasteiger partial charge in [0.05, 0.1) is 12.6 Å². The van der Waals surface area contributed by atoms with Gasteiger partial charge in [0.25, 0.3) is 0 Å². The quantitative estimate of drug-likeness (QED) is 0.730. The zero-order valence-electron chi connectivity index (χ0n) is 13.0. The fraction of sp³-hybridized carbons (Fsp3) is 0.500. The second-order valence-corrected chi connectivity index (χ2v) is 6.15. The summed E-state index contributed by atoms with van der Waals surface area (Å²) in [4.78, 5) is 23.4. The highest BCUT2D eigenvalue weighted by Gasteiger charge is 2.17. The zero-order chi connectivity index (χ0) is 15.9. The molecule has 5 nitrogen and oxygen atoms in total. The Hall–Kier alpha value is -1.88. The smallest absolute Gasteiger partial charge is 0.239 e. The lowest BCUT2D eigenvalue weighted by molar-refractivity contribution is -0.127. The third kappa shape index (κ3) is 7.46. The van der Waals surface area contributed by atoms with E-state index in [4.69, 9.17) is 5.73 Å². The molecule has 0 spiro atoms. The fourth-order valence-electron chi connectivity index (χ4n) is 1.86. The molecule has 0 heterocycles. The van der Waals surface area contributed by atoms with E-state index in [-0.39, 0.29) is 23.9 Å². The van der Waals surface area contributed by atoms with Crippen molar-refractivity contribution in [1.82, 2.24) is 10.6 Å². The number of benzene rings is 1. The van der Waals surface area contributed by atoms with E-state index in [0.29, 0.717) is 6.42 Å². The van der Waals surface area contributed by atoms with Crippen LogP contribution >= 0.6 is 0 Å². The number of nitrogens with two attached hydrogens (primary N) is 1. The number of carbonyl (C=O) groups is 2. The van der Waals surface area contributed by atoms with Crippen LogP contribution in [0.5, 0.6) is 0 Å². The molecule has 1 atom stereocenters. The Balaban J connectivity index is 2.30. The predicted octanol–water partition coefficient (Wildman–Crippen LogP) is 0.977. The molecule has 2 amide bonds. The summed E-state index contributed by atoms with van der Waals surface area (Å²) in [5, 5.41) is 5.34. The Labute approximate surface area is 126 Å². The molecular weight excluding hydrogens is 266 g/mol. The van der Waals surface area contributed by atoms with Crippen LogP contribution in [0.1, 0.15) is 32.8 Å². The summed E-state index contributed by atoms with van der Waals surface area (Å²) in [6.07, 6.45) is 1.29. The van der Waals surface area contributed by atoms with Gasteiger partial charge in [0.1, 0.15) is 0 Å². The summed E-state index contributed by atoms with van der Waals surface area (Å²) in [5.74, 6) is -0.513. The number of amides is 2. The van der Waals surface area contributed by atoms with Gasteiger partial charge in [-0.3, -0.25) is 9.59 Å². The van der Waals surface area contributed by atoms with Crippen LogP contribution < -0.4 is 16.4 Å². The lowest BCUT2D eigenvalue weighted by atomic mass is 10.1. The molecule has 0 aromatic heterocycles. The van der Waals surface area contributed by atoms with Crippen molar-refractivity contribution in [2.45, 2.75) is 45.2 Å². The van der Waals surface area contributed by atoms with Gasteiger partial charge in [0, 0.05) is 5.54 Å². The predicted molar refractivity (Wildman–Crippen MR) is 83.6 cm³/mol. The summed E-state index contributed by atoms with van der Waals surface area (Å²) in [6, 6.07) is 9.26. The summed E-state index contributed by atoms with van der Waals surface area (Å²) < 4.78 is 0. The molecule has 0 saturated heterocycles. The van der Waals surface area contributed by atoms with Crippen molar-refractivity contribution in [3.8, 4) is 0 Å². The van der Waals surface area contributed by atoms with Gasteiger partial charge in [0.15, 0.2) is 0 Å². The third-order valence-electron chi connectivity index (χ3n) is 2.86. The maximum absolute atomic E-state index is 11.8.